The first-order valence-corrected chi connectivity index (χ1v) is 5.95. The maximum Gasteiger partial charge on any atom is 0.156 e. The Morgan fingerprint density at radius 3 is 2.85 bits per heavy atom. The first-order valence-electron chi connectivity index (χ1n) is 4.13. The summed E-state index contributed by atoms with van der Waals surface area (Å²) in [6, 6.07) is 7.40. The third kappa shape index (κ3) is 1.83. The van der Waals surface area contributed by atoms with Crippen LogP contribution in [0.15, 0.2) is 24.3 Å². The molecule has 1 radical (unpaired) electrons. The monoisotopic (exact) mass is 196 g/mol. The van der Waals surface area contributed by atoms with Crippen molar-refractivity contribution in [2.24, 2.45) is 0 Å². The largest absolute Gasteiger partial charge is 0.284 e. The summed E-state index contributed by atoms with van der Waals surface area (Å²) >= 11 is 0. The fraction of sp³-hybridized carbons (Fsp3) is 0.333. The number of sulfone groups is 1. The van der Waals surface area contributed by atoms with Gasteiger partial charge in [0.2, 0.25) is 0 Å². The molecule has 1 aromatic rings. The molecule has 0 saturated carbocycles. The average molecular weight is 196 g/mol. The van der Waals surface area contributed by atoms with Crippen molar-refractivity contribution in [1.82, 2.24) is 5.32 Å². The number of benzene rings is 1. The minimum atomic E-state index is -2.93. The third-order valence-corrected chi connectivity index (χ3v) is 3.61. The highest BCUT2D eigenvalue weighted by Gasteiger charge is 2.18. The van der Waals surface area contributed by atoms with Gasteiger partial charge in [-0.2, -0.15) is 0 Å². The highest BCUT2D eigenvalue weighted by molar-refractivity contribution is 7.90. The molecule has 3 nitrogen and oxygen atoms in total. The van der Waals surface area contributed by atoms with Crippen LogP contribution in [0.3, 0.4) is 0 Å². The molecule has 0 aromatic heterocycles. The molecule has 0 saturated heterocycles. The molecule has 0 unspecified atom stereocenters. The summed E-state index contributed by atoms with van der Waals surface area (Å²) in [4.78, 5) is 0. The van der Waals surface area contributed by atoms with Gasteiger partial charge in [-0.1, -0.05) is 18.2 Å². The maximum atomic E-state index is 11.4. The van der Waals surface area contributed by atoms with E-state index in [-0.39, 0.29) is 11.5 Å². The van der Waals surface area contributed by atoms with Crippen molar-refractivity contribution in [2.75, 3.05) is 12.3 Å². The highest BCUT2D eigenvalue weighted by atomic mass is 32.2. The molecule has 69 valence electrons. The number of rotatable bonds is 0. The van der Waals surface area contributed by atoms with Crippen LogP contribution >= 0.6 is 0 Å². The van der Waals surface area contributed by atoms with Gasteiger partial charge in [-0.25, -0.2) is 8.42 Å². The molecule has 0 spiro atoms. The Bertz CT molecular complexity index is 411. The molecule has 0 atom stereocenters. The van der Waals surface area contributed by atoms with Crippen molar-refractivity contribution in [3.8, 4) is 0 Å². The highest BCUT2D eigenvalue weighted by Crippen LogP contribution is 2.20. The number of para-hydroxylation sites is 1. The lowest BCUT2D eigenvalue weighted by Gasteiger charge is -2.01. The first kappa shape index (κ1) is 8.56. The van der Waals surface area contributed by atoms with Crippen molar-refractivity contribution >= 4 is 15.5 Å². The van der Waals surface area contributed by atoms with E-state index in [9.17, 15) is 8.42 Å². The Kier molecular flexibility index (Phi) is 2.00. The number of hydrogen-bond acceptors (Lipinski definition) is 2. The van der Waals surface area contributed by atoms with Crippen LogP contribution < -0.4 is 5.32 Å². The van der Waals surface area contributed by atoms with Crippen LogP contribution in [0.4, 0.5) is 5.69 Å². The van der Waals surface area contributed by atoms with E-state index in [1.807, 2.05) is 24.3 Å². The van der Waals surface area contributed by atoms with Crippen molar-refractivity contribution in [3.05, 3.63) is 29.8 Å². The molecule has 0 fully saturated rings. The summed E-state index contributed by atoms with van der Waals surface area (Å²) in [5.74, 6) is 0.300. The second-order valence-electron chi connectivity index (χ2n) is 3.10. The molecule has 1 aliphatic heterocycles. The van der Waals surface area contributed by atoms with E-state index in [1.54, 1.807) is 0 Å². The Hall–Kier alpha value is -1.03. The predicted octanol–water partition coefficient (Wildman–Crippen LogP) is 0.851. The summed E-state index contributed by atoms with van der Waals surface area (Å²) in [5.41, 5.74) is 1.64. The topological polar surface area (TPSA) is 48.2 Å². The molecule has 2 rings (SSSR count). The number of nitrogens with zero attached hydrogens (tertiary/aromatic N) is 1. The van der Waals surface area contributed by atoms with Gasteiger partial charge in [0.05, 0.1) is 23.7 Å². The van der Waals surface area contributed by atoms with Crippen LogP contribution in [0, 0.1) is 0 Å². The van der Waals surface area contributed by atoms with E-state index in [2.05, 4.69) is 5.32 Å². The summed E-state index contributed by atoms with van der Waals surface area (Å²) in [6.45, 7) is 0.388. The molecule has 0 N–H and O–H groups in total. The van der Waals surface area contributed by atoms with E-state index in [4.69, 9.17) is 0 Å². The summed E-state index contributed by atoms with van der Waals surface area (Å²) in [5, 5.41) is 4.20. The van der Waals surface area contributed by atoms with Crippen molar-refractivity contribution in [3.63, 3.8) is 0 Å². The summed E-state index contributed by atoms with van der Waals surface area (Å²) in [6.07, 6.45) is 0. The van der Waals surface area contributed by atoms with Crippen LogP contribution in [0.25, 0.3) is 0 Å². The number of fused-ring (bicyclic) bond motifs is 1. The molecule has 1 aromatic carbocycles. The first-order chi connectivity index (χ1) is 6.17. The van der Waals surface area contributed by atoms with E-state index >= 15 is 0 Å². The smallest absolute Gasteiger partial charge is 0.156 e. The van der Waals surface area contributed by atoms with Crippen LogP contribution in [0.5, 0.6) is 0 Å². The maximum absolute atomic E-state index is 11.4. The molecule has 13 heavy (non-hydrogen) atoms. The van der Waals surface area contributed by atoms with E-state index in [0.29, 0.717) is 6.54 Å². The Labute approximate surface area is 77.7 Å². The van der Waals surface area contributed by atoms with E-state index in [1.165, 1.54) is 0 Å². The molecular formula is C9H10NO2S. The second-order valence-corrected chi connectivity index (χ2v) is 5.29. The fourth-order valence-corrected chi connectivity index (χ4v) is 2.63. The van der Waals surface area contributed by atoms with Crippen molar-refractivity contribution in [2.45, 2.75) is 5.75 Å². The standard InChI is InChI=1S/C9H10NO2S/c11-13(12)6-5-10-9-4-2-1-3-8(9)7-13/h1-4H,5-7H2. The van der Waals surface area contributed by atoms with Crippen molar-refractivity contribution < 1.29 is 8.42 Å². The van der Waals surface area contributed by atoms with E-state index < -0.39 is 9.84 Å². The zero-order chi connectivity index (χ0) is 9.31. The minimum absolute atomic E-state index is 0.132. The van der Waals surface area contributed by atoms with Crippen LogP contribution in [0.2, 0.25) is 0 Å². The van der Waals surface area contributed by atoms with Crippen LogP contribution in [-0.2, 0) is 15.6 Å². The van der Waals surface area contributed by atoms with Gasteiger partial charge in [0.25, 0.3) is 0 Å². The summed E-state index contributed by atoms with van der Waals surface area (Å²) in [7, 11) is -2.93. The van der Waals surface area contributed by atoms with Gasteiger partial charge in [0, 0.05) is 0 Å². The molecule has 1 aliphatic rings. The average Bonchev–Trinajstić information content (AvgIpc) is 2.21. The second kappa shape index (κ2) is 3.03. The molecule has 0 amide bonds. The number of hydrogen-bond donors (Lipinski definition) is 0. The van der Waals surface area contributed by atoms with Crippen LogP contribution in [0.1, 0.15) is 5.56 Å². The van der Waals surface area contributed by atoms with Crippen molar-refractivity contribution in [1.29, 1.82) is 0 Å². The van der Waals surface area contributed by atoms with Gasteiger partial charge in [-0.05, 0) is 11.6 Å². The minimum Gasteiger partial charge on any atom is -0.284 e. The Morgan fingerprint density at radius 1 is 1.23 bits per heavy atom. The molecule has 0 aliphatic carbocycles. The zero-order valence-electron chi connectivity index (χ0n) is 7.10. The van der Waals surface area contributed by atoms with Gasteiger partial charge >= 0.3 is 0 Å². The molecule has 0 bridgehead atoms. The molecular weight excluding hydrogens is 186 g/mol. The lowest BCUT2D eigenvalue weighted by atomic mass is 10.2. The predicted molar refractivity (Wildman–Crippen MR) is 50.6 cm³/mol. The zero-order valence-corrected chi connectivity index (χ0v) is 7.92. The molecule has 4 heteroatoms. The lowest BCUT2D eigenvalue weighted by Crippen LogP contribution is -2.11. The van der Waals surface area contributed by atoms with E-state index in [0.717, 1.165) is 11.3 Å². The molecule has 1 heterocycles. The summed E-state index contributed by atoms with van der Waals surface area (Å²) < 4.78 is 22.7. The van der Waals surface area contributed by atoms with Crippen LogP contribution in [-0.4, -0.2) is 20.7 Å². The van der Waals surface area contributed by atoms with Gasteiger partial charge in [0.1, 0.15) is 0 Å². The Morgan fingerprint density at radius 2 is 2.00 bits per heavy atom. The van der Waals surface area contributed by atoms with Gasteiger partial charge in [-0.3, -0.25) is 5.32 Å². The third-order valence-electron chi connectivity index (χ3n) is 2.05. The Balaban J connectivity index is 2.46. The van der Waals surface area contributed by atoms with Gasteiger partial charge in [-0.15, -0.1) is 0 Å². The quantitative estimate of drug-likeness (QED) is 0.617. The van der Waals surface area contributed by atoms with Gasteiger partial charge < -0.3 is 0 Å². The normalized spacial score (nSPS) is 19.7. The SMILES string of the molecule is O=S1(=O)CC[N]c2ccccc2C1. The van der Waals surface area contributed by atoms with Gasteiger partial charge in [0.15, 0.2) is 9.84 Å². The fourth-order valence-electron chi connectivity index (χ4n) is 1.40. The lowest BCUT2D eigenvalue weighted by molar-refractivity contribution is 0.595.